The van der Waals surface area contributed by atoms with Gasteiger partial charge in [0.1, 0.15) is 17.3 Å². The summed E-state index contributed by atoms with van der Waals surface area (Å²) in [6.07, 6.45) is 1.61. The van der Waals surface area contributed by atoms with Crippen LogP contribution in [0.2, 0.25) is 0 Å². The van der Waals surface area contributed by atoms with Gasteiger partial charge in [0.15, 0.2) is 18.9 Å². The zero-order valence-corrected chi connectivity index (χ0v) is 76.2. The molecule has 0 spiro atoms. The van der Waals surface area contributed by atoms with Gasteiger partial charge in [-0.15, -0.1) is 5.34 Å². The van der Waals surface area contributed by atoms with Crippen LogP contribution in [-0.4, -0.2) is 232 Å². The van der Waals surface area contributed by atoms with E-state index in [2.05, 4.69) is 114 Å². The summed E-state index contributed by atoms with van der Waals surface area (Å²) in [6.45, 7) is 45.9. The summed E-state index contributed by atoms with van der Waals surface area (Å²) in [5.41, 5.74) is -1.08. The second-order valence-corrected chi connectivity index (χ2v) is 34.8. The number of carbonyl (C=O) groups excluding carboxylic acids is 3. The Morgan fingerprint density at radius 1 is 0.519 bits per heavy atom. The Morgan fingerprint density at radius 2 is 0.759 bits per heavy atom. The van der Waals surface area contributed by atoms with E-state index in [-0.39, 0.29) is 119 Å². The van der Waals surface area contributed by atoms with Crippen LogP contribution in [0.15, 0.2) is 39.3 Å². The van der Waals surface area contributed by atoms with Crippen molar-refractivity contribution in [3.8, 4) is 0 Å². The molecule has 0 amide bonds. The molecule has 6 aliphatic rings. The molecule has 0 aromatic carbocycles. The first kappa shape index (κ1) is 101. The third-order valence-electron chi connectivity index (χ3n) is 22.0. The second-order valence-electron chi connectivity index (χ2n) is 33.9. The topological polar surface area (TPSA) is 315 Å². The number of carbonyl (C=O) groups is 3. The van der Waals surface area contributed by atoms with Gasteiger partial charge in [0.25, 0.3) is 0 Å². The van der Waals surface area contributed by atoms with Crippen LogP contribution in [0.3, 0.4) is 0 Å². The van der Waals surface area contributed by atoms with Crippen LogP contribution in [0.4, 0.5) is 0 Å². The number of esters is 3. The number of alkyl halides is 1. The molecule has 6 aliphatic heterocycles. The van der Waals surface area contributed by atoms with Gasteiger partial charge >= 0.3 is 47.5 Å². The summed E-state index contributed by atoms with van der Waals surface area (Å²) in [7, 11) is 17.4. The van der Waals surface area contributed by atoms with Crippen molar-refractivity contribution < 1.29 is 125 Å². The van der Waals surface area contributed by atoms with Gasteiger partial charge in [0.2, 0.25) is 23.9 Å². The molecule has 9 unspecified atom stereocenters. The first-order valence-corrected chi connectivity index (χ1v) is 39.5. The molecule has 108 heavy (non-hydrogen) atoms. The van der Waals surface area contributed by atoms with Gasteiger partial charge in [-0.3, -0.25) is 10.1 Å². The largest absolute Gasteiger partial charge is 1.00 e. The molecule has 0 aromatic rings. The molecule has 622 valence electrons. The van der Waals surface area contributed by atoms with Gasteiger partial charge in [-0.05, 0) is 155 Å². The van der Waals surface area contributed by atoms with Gasteiger partial charge < -0.3 is 101 Å². The number of hydrogen-bond acceptors (Lipinski definition) is 27. The average Bonchev–Trinajstić information content (AvgIpc) is 0.779. The number of aliphatic hydroxyl groups excluding tert-OH is 1. The van der Waals surface area contributed by atoms with Gasteiger partial charge in [0, 0.05) is 138 Å². The van der Waals surface area contributed by atoms with Crippen LogP contribution in [0.25, 0.3) is 0 Å². The zero-order valence-electron chi connectivity index (χ0n) is 72.0. The minimum Gasteiger partial charge on any atom is -0.456 e. The predicted molar refractivity (Wildman–Crippen MR) is 415 cm³/mol. The molecule has 24 atom stereocenters. The third-order valence-corrected chi connectivity index (χ3v) is 23.5. The number of methoxy groups -OCH3 is 3. The standard InChI is InChI=1S/C26H46INO6.C26H46N2O8.C26H47NO7.HNO2.Na/c1-15(14-27)13-26(8,30-11)22(18(4)21-19(5)23(29)34-25(6,7)33-21)32-24-17(3)20(28(9)10)12-16(2)31-24;1-15(14-28(30)31)13-26(8,32-11)22(18(4)21-19(5)23(29)36-25(6,7)35-21)34-24-17(3)20(27(9)10)12-16(2)33-24;1-15(14-28)13-26(8,30-11)22(18(4)21-19(5)23(29)34-25(6,7)33-21)32-24-17(3)20(27(9)10)12-16(2)31-24;2-1-3;/h15-18,20,22,24H,12-14H2,1-11H3;15-18,20,22,24H,12-14H2,1-11H3;15-18,20,22,24,28H,12-14H2,1-11H3;(H,2,3);/q;;;;+1/p-1/t3*15-,16?,17?,18-,20?,22-,24+,26-;;/m111../s1. The number of ether oxygens (including phenoxy) is 15. The zero-order chi connectivity index (χ0) is 82.3. The summed E-state index contributed by atoms with van der Waals surface area (Å²) in [4.78, 5) is 63.4. The summed E-state index contributed by atoms with van der Waals surface area (Å²) in [5.74, 6) is -3.44. The second kappa shape index (κ2) is 43.1. The van der Waals surface area contributed by atoms with Crippen LogP contribution < -0.4 is 29.6 Å². The van der Waals surface area contributed by atoms with Crippen LogP contribution in [0.5, 0.6) is 0 Å². The quantitative estimate of drug-likeness (QED) is 0.00985. The van der Waals surface area contributed by atoms with Crippen molar-refractivity contribution >= 4 is 40.5 Å². The maximum atomic E-state index is 12.6. The molecule has 3 saturated heterocycles. The van der Waals surface area contributed by atoms with E-state index in [9.17, 15) is 29.6 Å². The van der Waals surface area contributed by atoms with Crippen molar-refractivity contribution in [1.29, 1.82) is 0 Å². The molecule has 1 N–H and O–H groups in total. The first-order chi connectivity index (χ1) is 49.2. The van der Waals surface area contributed by atoms with Crippen molar-refractivity contribution in [2.45, 2.75) is 312 Å². The Balaban J connectivity index is 0.000000537. The first-order valence-electron chi connectivity index (χ1n) is 37.9. The number of hydrogen-bond donors (Lipinski definition) is 1. The third kappa shape index (κ3) is 27.6. The smallest absolute Gasteiger partial charge is 0.456 e. The number of nitrogens with zero attached hydrogens (tertiary/aromatic N) is 5. The minimum atomic E-state index is -1.13. The van der Waals surface area contributed by atoms with E-state index in [1.165, 1.54) is 0 Å². The Hall–Kier alpha value is -2.96. The van der Waals surface area contributed by atoms with E-state index in [1.807, 2.05) is 69.5 Å². The Bertz CT molecular complexity index is 2850. The van der Waals surface area contributed by atoms with Gasteiger partial charge in [0.05, 0.1) is 70.1 Å². The predicted octanol–water partition coefficient (Wildman–Crippen LogP) is 10.1. The molecule has 6 rings (SSSR count). The molecule has 6 heterocycles. The van der Waals surface area contributed by atoms with Crippen LogP contribution >= 0.6 is 22.6 Å². The Labute approximate surface area is 682 Å². The summed E-state index contributed by atoms with van der Waals surface area (Å²) < 4.78 is 93.5. The molecule has 30 heteroatoms. The molecule has 0 aromatic heterocycles. The van der Waals surface area contributed by atoms with Gasteiger partial charge in [-0.1, -0.05) is 84.9 Å². The van der Waals surface area contributed by atoms with Crippen molar-refractivity contribution in [2.24, 2.45) is 58.6 Å². The fourth-order valence-corrected chi connectivity index (χ4v) is 16.5. The van der Waals surface area contributed by atoms with E-state index < -0.39 is 89.2 Å². The number of nitro groups is 1. The Kier molecular flexibility index (Phi) is 40.4. The molecular formula is C78H139IN5NaO23. The molecule has 0 radical (unpaired) electrons. The van der Waals surface area contributed by atoms with E-state index >= 15 is 0 Å². The average molecular weight is 1660 g/mol. The maximum Gasteiger partial charge on any atom is 1.00 e. The van der Waals surface area contributed by atoms with Crippen molar-refractivity contribution in [2.75, 3.05) is 81.2 Å². The van der Waals surface area contributed by atoms with Crippen molar-refractivity contribution in [3.05, 3.63) is 54.2 Å². The number of aliphatic hydroxyl groups is 1. The molecule has 0 aliphatic carbocycles. The van der Waals surface area contributed by atoms with E-state index in [0.29, 0.717) is 64.8 Å². The van der Waals surface area contributed by atoms with E-state index in [4.69, 9.17) is 81.2 Å². The van der Waals surface area contributed by atoms with Crippen LogP contribution in [0.1, 0.15) is 205 Å². The Morgan fingerprint density at radius 3 is 0.972 bits per heavy atom. The van der Waals surface area contributed by atoms with Crippen molar-refractivity contribution in [1.82, 2.24) is 14.7 Å². The summed E-state index contributed by atoms with van der Waals surface area (Å²) in [5, 5.41) is 30.0. The minimum absolute atomic E-state index is 0. The van der Waals surface area contributed by atoms with Gasteiger partial charge in [-0.2, -0.15) is 0 Å². The van der Waals surface area contributed by atoms with Crippen molar-refractivity contribution in [3.63, 3.8) is 0 Å². The molecule has 0 saturated carbocycles. The fourth-order valence-electron chi connectivity index (χ4n) is 16.2. The molecule has 3 fully saturated rings. The molecule has 28 nitrogen and oxygen atoms in total. The molecular weight excluding hydrogens is 1520 g/mol. The van der Waals surface area contributed by atoms with Crippen LogP contribution in [0, 0.1) is 73.5 Å². The number of cyclic esters (lactones) is 3. The normalized spacial score (nSPS) is 30.5. The summed E-state index contributed by atoms with van der Waals surface area (Å²) in [6, 6.07) is 0.890. The molecule has 0 bridgehead atoms. The number of halogens is 1. The monoisotopic (exact) mass is 1660 g/mol. The number of rotatable bonds is 31. The van der Waals surface area contributed by atoms with E-state index in [0.717, 1.165) is 35.5 Å². The summed E-state index contributed by atoms with van der Waals surface area (Å²) >= 11 is 2.41. The van der Waals surface area contributed by atoms with Crippen LogP contribution in [-0.2, 0) is 85.4 Å². The van der Waals surface area contributed by atoms with Gasteiger partial charge in [-0.25, -0.2) is 14.4 Å². The fraction of sp³-hybridized carbons (Fsp3) is 0.885. The maximum absolute atomic E-state index is 12.6. The van der Waals surface area contributed by atoms with E-state index in [1.54, 1.807) is 83.6 Å². The SMILES string of the molecule is CO[C@](C)(C[C@@H](C)CI)[C@H](O[C@@H]1OC(C)CC(N(C)C)C1C)[C@H](C)C1=C(C)C(=O)OC(C)(C)O1.CO[C@](C)(C[C@@H](C)CO)[C@H](O[C@@H]1OC(C)CC(N(C)C)C1C)[C@H](C)C1=C(C)C(=O)OC(C)(C)O1.CO[C@](C)(C[C@@H](C)C[N+](=O)[O-])[C@H](O[C@@H]1OC(C)CC(N(C)C)C1C)[C@H](C)C1=C(C)C(=O)OC(C)(C)O1.O=N[O-].[Na+].